The van der Waals surface area contributed by atoms with Crippen molar-refractivity contribution >= 4 is 33.4 Å². The van der Waals surface area contributed by atoms with Gasteiger partial charge in [0.05, 0.1) is 23.0 Å². The molecule has 1 aliphatic heterocycles. The van der Waals surface area contributed by atoms with E-state index in [1.807, 2.05) is 0 Å². The highest BCUT2D eigenvalue weighted by Gasteiger charge is 2.62. The minimum absolute atomic E-state index is 0.0434. The predicted molar refractivity (Wildman–Crippen MR) is 118 cm³/mol. The van der Waals surface area contributed by atoms with Gasteiger partial charge in [-0.1, -0.05) is 18.5 Å². The van der Waals surface area contributed by atoms with Gasteiger partial charge in [-0.2, -0.15) is 13.2 Å². The van der Waals surface area contributed by atoms with Crippen LogP contribution in [-0.4, -0.2) is 20.5 Å². The van der Waals surface area contributed by atoms with Crippen LogP contribution in [0.2, 0.25) is 5.02 Å². The van der Waals surface area contributed by atoms with Crippen LogP contribution in [0.1, 0.15) is 25.3 Å². The van der Waals surface area contributed by atoms with Gasteiger partial charge < -0.3 is 4.74 Å². The lowest BCUT2D eigenvalue weighted by molar-refractivity contribution is -0.0320. The van der Waals surface area contributed by atoms with Crippen LogP contribution in [0.15, 0.2) is 41.3 Å². The van der Waals surface area contributed by atoms with Gasteiger partial charge in [-0.05, 0) is 55.2 Å². The molecular formula is C22H18ClF5NO3S2+. The fourth-order valence-electron chi connectivity index (χ4n) is 4.98. The zero-order chi connectivity index (χ0) is 24.9. The molecule has 1 heterocycles. The lowest BCUT2D eigenvalue weighted by atomic mass is 9.64. The second-order valence-electron chi connectivity index (χ2n) is 8.26. The molecule has 2 aromatic carbocycles. The summed E-state index contributed by atoms with van der Waals surface area (Å²) in [4.78, 5) is -0.130. The van der Waals surface area contributed by atoms with E-state index in [-0.39, 0.29) is 24.3 Å². The van der Waals surface area contributed by atoms with Gasteiger partial charge in [-0.25, -0.2) is 17.2 Å². The smallest absolute Gasteiger partial charge is 0.490 e. The van der Waals surface area contributed by atoms with Crippen molar-refractivity contribution in [1.82, 2.24) is 0 Å². The van der Waals surface area contributed by atoms with Crippen molar-refractivity contribution in [1.29, 1.82) is 0 Å². The molecule has 0 aromatic heterocycles. The number of alkyl halides is 3. The minimum Gasteiger partial charge on any atom is -0.490 e. The first-order chi connectivity index (χ1) is 15.9. The molecule has 34 heavy (non-hydrogen) atoms. The molecule has 1 unspecified atom stereocenters. The largest absolute Gasteiger partial charge is 0.526 e. The van der Waals surface area contributed by atoms with Crippen LogP contribution in [0, 0.1) is 35.5 Å². The summed E-state index contributed by atoms with van der Waals surface area (Å²) < 4.78 is 102. The Hall–Kier alpha value is -2.03. The maximum Gasteiger partial charge on any atom is 0.526 e. The second-order valence-corrected chi connectivity index (χ2v) is 11.7. The van der Waals surface area contributed by atoms with Crippen molar-refractivity contribution in [2.75, 3.05) is 6.61 Å². The Morgan fingerprint density at radius 2 is 1.79 bits per heavy atom. The summed E-state index contributed by atoms with van der Waals surface area (Å²) >= 11 is 5.30. The molecule has 4 atom stereocenters. The Labute approximate surface area is 202 Å². The van der Waals surface area contributed by atoms with Crippen molar-refractivity contribution in [2.24, 2.45) is 17.8 Å². The molecule has 1 aliphatic carbocycles. The predicted octanol–water partition coefficient (Wildman–Crippen LogP) is 6.84. The zero-order valence-electron chi connectivity index (χ0n) is 17.6. The fourth-order valence-corrected chi connectivity index (χ4v) is 7.84. The van der Waals surface area contributed by atoms with Gasteiger partial charge in [-0.15, -0.1) is 0 Å². The first kappa shape index (κ1) is 25.1. The van der Waals surface area contributed by atoms with E-state index in [0.29, 0.717) is 5.02 Å². The van der Waals surface area contributed by atoms with E-state index in [0.717, 1.165) is 12.1 Å². The van der Waals surface area contributed by atoms with Gasteiger partial charge in [0.25, 0.3) is 6.07 Å². The van der Waals surface area contributed by atoms with E-state index in [4.69, 9.17) is 16.3 Å². The van der Waals surface area contributed by atoms with E-state index in [1.54, 1.807) is 6.92 Å². The molecule has 12 heteroatoms. The van der Waals surface area contributed by atoms with Crippen molar-refractivity contribution < 1.29 is 35.1 Å². The number of hydrogen-bond donors (Lipinski definition) is 0. The number of halogens is 6. The second kappa shape index (κ2) is 8.88. The fraction of sp³-hybridized carbons (Fsp3) is 0.409. The van der Waals surface area contributed by atoms with Crippen LogP contribution < -0.4 is 4.74 Å². The van der Waals surface area contributed by atoms with E-state index in [2.05, 4.69) is 10.3 Å². The summed E-state index contributed by atoms with van der Waals surface area (Å²) in [6, 6.07) is 9.52. The van der Waals surface area contributed by atoms with E-state index >= 15 is 4.39 Å². The Kier molecular flexibility index (Phi) is 6.55. The van der Waals surface area contributed by atoms with Gasteiger partial charge in [-0.3, -0.25) is 0 Å². The Bertz CT molecular complexity index is 1270. The minimum atomic E-state index is -4.58. The van der Waals surface area contributed by atoms with Crippen molar-refractivity contribution in [3.8, 4) is 11.8 Å². The third kappa shape index (κ3) is 4.14. The summed E-state index contributed by atoms with van der Waals surface area (Å²) in [6.07, 6.45) is -0.143. The highest BCUT2D eigenvalue weighted by atomic mass is 35.5. The van der Waals surface area contributed by atoms with Gasteiger partial charge in [0.15, 0.2) is 21.4 Å². The number of rotatable bonds is 2. The molecule has 1 fully saturated rings. The summed E-state index contributed by atoms with van der Waals surface area (Å²) in [5.41, 5.74) is -4.98. The molecule has 0 bridgehead atoms. The molecule has 2 aliphatic rings. The van der Waals surface area contributed by atoms with Crippen molar-refractivity contribution in [2.45, 2.75) is 34.9 Å². The Morgan fingerprint density at radius 1 is 1.15 bits per heavy atom. The number of fused-ring (bicyclic) bond motifs is 3. The van der Waals surface area contributed by atoms with Gasteiger partial charge >= 0.3 is 17.5 Å². The Balaban J connectivity index is 1.88. The molecule has 0 amide bonds. The molecule has 0 spiro atoms. The first-order valence-electron chi connectivity index (χ1n) is 10.2. The molecule has 1 saturated carbocycles. The van der Waals surface area contributed by atoms with Crippen LogP contribution in [0.5, 0.6) is 5.75 Å². The van der Waals surface area contributed by atoms with Gasteiger partial charge in [0.1, 0.15) is 10.6 Å². The van der Waals surface area contributed by atoms with E-state index < -0.39 is 72.7 Å². The first-order valence-corrected chi connectivity index (χ1v) is 12.8. The third-order valence-electron chi connectivity index (χ3n) is 6.56. The SMILES string of the molecule is C[C@@H]1C(C#[N+]SC(F)(F)F)CC[C@@]2(S(=O)(=O)c3ccc(Cl)cc3)c3c(F)ccc(F)c3OC[C@@H]12. The highest BCUT2D eigenvalue weighted by molar-refractivity contribution is 8.02. The molecule has 4 rings (SSSR count). The number of sulfone groups is 1. The van der Waals surface area contributed by atoms with Crippen LogP contribution in [-0.2, 0) is 14.6 Å². The molecular weight excluding hydrogens is 521 g/mol. The van der Waals surface area contributed by atoms with Gasteiger partial charge in [0, 0.05) is 15.2 Å². The number of hydrogen-bond acceptors (Lipinski definition) is 4. The monoisotopic (exact) mass is 538 g/mol. The maximum atomic E-state index is 15.2. The van der Waals surface area contributed by atoms with E-state index in [1.165, 1.54) is 24.3 Å². The van der Waals surface area contributed by atoms with Gasteiger partial charge in [0.2, 0.25) is 0 Å². The average Bonchev–Trinajstić information content (AvgIpc) is 2.76. The molecule has 4 nitrogen and oxygen atoms in total. The molecule has 2 aromatic rings. The highest BCUT2D eigenvalue weighted by Crippen LogP contribution is 2.59. The maximum absolute atomic E-state index is 15.2. The van der Waals surface area contributed by atoms with Crippen LogP contribution in [0.4, 0.5) is 22.0 Å². The third-order valence-corrected chi connectivity index (χ3v) is 9.77. The Morgan fingerprint density at radius 3 is 2.44 bits per heavy atom. The lowest BCUT2D eigenvalue weighted by Crippen LogP contribution is -2.55. The molecule has 182 valence electrons. The van der Waals surface area contributed by atoms with Crippen molar-refractivity contribution in [3.05, 3.63) is 62.9 Å². The topological polar surface area (TPSA) is 47.7 Å². The summed E-state index contributed by atoms with van der Waals surface area (Å²) in [5.74, 6) is -4.47. The summed E-state index contributed by atoms with van der Waals surface area (Å²) in [7, 11) is -4.34. The summed E-state index contributed by atoms with van der Waals surface area (Å²) in [5, 5.41) is 0.294. The van der Waals surface area contributed by atoms with Crippen LogP contribution >= 0.6 is 23.5 Å². The lowest BCUT2D eigenvalue weighted by Gasteiger charge is -2.50. The van der Waals surface area contributed by atoms with Crippen molar-refractivity contribution in [3.63, 3.8) is 0 Å². The number of nitrogens with zero attached hydrogens (tertiary/aromatic N) is 1. The summed E-state index contributed by atoms with van der Waals surface area (Å²) in [6.45, 7) is 1.36. The normalized spacial score (nSPS) is 26.5. The average molecular weight is 539 g/mol. The molecule has 0 saturated heterocycles. The number of benzene rings is 2. The zero-order valence-corrected chi connectivity index (χ0v) is 20.0. The van der Waals surface area contributed by atoms with E-state index in [9.17, 15) is 26.0 Å². The quantitative estimate of drug-likeness (QED) is 0.310. The molecule has 0 N–H and O–H groups in total. The van der Waals surface area contributed by atoms with Crippen LogP contribution in [0.25, 0.3) is 4.25 Å². The number of ether oxygens (including phenoxy) is 1. The van der Waals surface area contributed by atoms with Crippen LogP contribution in [0.3, 0.4) is 0 Å². The molecule has 0 radical (unpaired) electrons. The standard InChI is InChI=1S/C22H18ClF5NO3S2/c1-12-13(10-29-33-22(26,27)28)8-9-21(34(30,31)15-4-2-14(23)3-5-15)16(12)11-32-20-18(25)7-6-17(24)19(20)21/h2-7,12-13,16H,8-9,11H2,1H3/q+1/t12-,13?,16+,21+/m1/s1.